The van der Waals surface area contributed by atoms with Gasteiger partial charge in [0.15, 0.2) is 0 Å². The largest absolute Gasteiger partial charge is 0.398 e. The van der Waals surface area contributed by atoms with Gasteiger partial charge in [-0.3, -0.25) is 0 Å². The molecule has 0 spiro atoms. The molecule has 1 atom stereocenters. The van der Waals surface area contributed by atoms with Gasteiger partial charge in [-0.15, -0.1) is 6.58 Å². The molecule has 0 aromatic heterocycles. The molecule has 0 radical (unpaired) electrons. The molecule has 3 N–H and O–H groups in total. The Balaban J connectivity index is 2.99. The van der Waals surface area contributed by atoms with Crippen LogP contribution < -0.4 is 5.73 Å². The highest BCUT2D eigenvalue weighted by Gasteiger charge is 2.14. The summed E-state index contributed by atoms with van der Waals surface area (Å²) in [6.45, 7) is 5.59. The Morgan fingerprint density at radius 2 is 2.29 bits per heavy atom. The number of anilines is 1. The van der Waals surface area contributed by atoms with Gasteiger partial charge >= 0.3 is 0 Å². The first-order valence-corrected chi connectivity index (χ1v) is 4.76. The molecule has 0 saturated carbocycles. The van der Waals surface area contributed by atoms with Crippen molar-refractivity contribution in [2.75, 3.05) is 5.73 Å². The van der Waals surface area contributed by atoms with Crippen molar-refractivity contribution in [3.63, 3.8) is 0 Å². The normalized spacial score (nSPS) is 12.5. The van der Waals surface area contributed by atoms with E-state index in [2.05, 4.69) is 6.58 Å². The number of hydrogen-bond acceptors (Lipinski definition) is 2. The summed E-state index contributed by atoms with van der Waals surface area (Å²) < 4.78 is 0. The van der Waals surface area contributed by atoms with Crippen LogP contribution in [-0.4, -0.2) is 5.11 Å². The zero-order chi connectivity index (χ0) is 10.7. The van der Waals surface area contributed by atoms with Crippen LogP contribution in [-0.2, 0) is 0 Å². The molecule has 0 heterocycles. The maximum Gasteiger partial charge on any atom is 0.0861 e. The fraction of sp³-hybridized carbons (Fsp3) is 0.273. The second kappa shape index (κ2) is 4.49. The van der Waals surface area contributed by atoms with Crippen molar-refractivity contribution in [3.8, 4) is 0 Å². The monoisotopic (exact) mass is 211 g/mol. The Morgan fingerprint density at radius 1 is 1.64 bits per heavy atom. The van der Waals surface area contributed by atoms with E-state index in [-0.39, 0.29) is 0 Å². The first-order chi connectivity index (χ1) is 6.52. The molecule has 0 fully saturated rings. The van der Waals surface area contributed by atoms with Crippen molar-refractivity contribution in [2.45, 2.75) is 19.4 Å². The molecule has 1 unspecified atom stereocenters. The van der Waals surface area contributed by atoms with Crippen molar-refractivity contribution in [1.82, 2.24) is 0 Å². The molecule has 0 saturated heterocycles. The third-order valence-corrected chi connectivity index (χ3v) is 2.29. The zero-order valence-corrected chi connectivity index (χ0v) is 8.88. The van der Waals surface area contributed by atoms with Gasteiger partial charge in [-0.2, -0.15) is 0 Å². The van der Waals surface area contributed by atoms with Gasteiger partial charge < -0.3 is 10.8 Å². The molecular formula is C11H14ClNO. The minimum Gasteiger partial charge on any atom is -0.398 e. The van der Waals surface area contributed by atoms with Gasteiger partial charge in [-0.25, -0.2) is 0 Å². The molecule has 0 aliphatic heterocycles. The molecule has 0 bridgehead atoms. The lowest BCUT2D eigenvalue weighted by molar-refractivity contribution is 0.179. The molecule has 14 heavy (non-hydrogen) atoms. The molecule has 1 aromatic rings. The van der Waals surface area contributed by atoms with Gasteiger partial charge in [0.25, 0.3) is 0 Å². The van der Waals surface area contributed by atoms with E-state index in [1.54, 1.807) is 18.2 Å². The third kappa shape index (κ3) is 2.50. The van der Waals surface area contributed by atoms with Crippen LogP contribution in [0, 0.1) is 0 Å². The van der Waals surface area contributed by atoms with Crippen LogP contribution >= 0.6 is 11.6 Å². The van der Waals surface area contributed by atoms with Gasteiger partial charge in [0.05, 0.1) is 6.10 Å². The molecule has 0 aliphatic rings. The van der Waals surface area contributed by atoms with Crippen molar-refractivity contribution < 1.29 is 5.11 Å². The van der Waals surface area contributed by atoms with E-state index in [0.717, 1.165) is 5.57 Å². The van der Waals surface area contributed by atoms with E-state index in [9.17, 15) is 5.11 Å². The highest BCUT2D eigenvalue weighted by atomic mass is 35.5. The summed E-state index contributed by atoms with van der Waals surface area (Å²) in [5.41, 5.74) is 7.74. The summed E-state index contributed by atoms with van der Waals surface area (Å²) in [7, 11) is 0. The van der Waals surface area contributed by atoms with Crippen molar-refractivity contribution >= 4 is 17.3 Å². The summed E-state index contributed by atoms with van der Waals surface area (Å²) in [6, 6.07) is 5.20. The van der Waals surface area contributed by atoms with Crippen LogP contribution in [0.1, 0.15) is 25.0 Å². The molecule has 3 heteroatoms. The smallest absolute Gasteiger partial charge is 0.0861 e. The lowest BCUT2D eigenvalue weighted by Crippen LogP contribution is -2.03. The highest BCUT2D eigenvalue weighted by molar-refractivity contribution is 6.31. The average Bonchev–Trinajstić information content (AvgIpc) is 2.01. The Bertz CT molecular complexity index is 329. The number of hydrogen-bond donors (Lipinski definition) is 2. The van der Waals surface area contributed by atoms with Gasteiger partial charge in [0, 0.05) is 16.3 Å². The minimum absolute atomic E-state index is 0.480. The topological polar surface area (TPSA) is 46.2 Å². The predicted octanol–water partition coefficient (Wildman–Crippen LogP) is 2.92. The maximum absolute atomic E-state index is 9.83. The highest BCUT2D eigenvalue weighted by Crippen LogP contribution is 2.31. The van der Waals surface area contributed by atoms with Gasteiger partial charge in [-0.05, 0) is 25.5 Å². The summed E-state index contributed by atoms with van der Waals surface area (Å²) in [5.74, 6) is 0. The Kier molecular flexibility index (Phi) is 3.55. The lowest BCUT2D eigenvalue weighted by Gasteiger charge is -2.14. The van der Waals surface area contributed by atoms with E-state index in [1.165, 1.54) is 0 Å². The summed E-state index contributed by atoms with van der Waals surface area (Å²) in [6.07, 6.45) is -0.185. The first-order valence-electron chi connectivity index (χ1n) is 4.38. The molecular weight excluding hydrogens is 198 g/mol. The van der Waals surface area contributed by atoms with Crippen molar-refractivity contribution in [2.24, 2.45) is 0 Å². The number of aliphatic hydroxyl groups excluding tert-OH is 1. The first kappa shape index (κ1) is 11.1. The number of nitrogen functional groups attached to an aromatic ring is 1. The molecule has 0 amide bonds. The Morgan fingerprint density at radius 3 is 2.79 bits per heavy atom. The van der Waals surface area contributed by atoms with Crippen molar-refractivity contribution in [1.29, 1.82) is 0 Å². The van der Waals surface area contributed by atoms with Gasteiger partial charge in [0.2, 0.25) is 0 Å². The Labute approximate surface area is 89.0 Å². The Hall–Kier alpha value is -0.990. The van der Waals surface area contributed by atoms with Gasteiger partial charge in [-0.1, -0.05) is 23.2 Å². The maximum atomic E-state index is 9.83. The number of halogens is 1. The SMILES string of the molecule is C=C(C)CC(O)c1c(N)cccc1Cl. The number of rotatable bonds is 3. The van der Waals surface area contributed by atoms with Crippen LogP contribution in [0.5, 0.6) is 0 Å². The summed E-state index contributed by atoms with van der Waals surface area (Å²) in [5, 5.41) is 10.3. The van der Waals surface area contributed by atoms with E-state index in [4.69, 9.17) is 17.3 Å². The second-order valence-corrected chi connectivity index (χ2v) is 3.83. The fourth-order valence-electron chi connectivity index (χ4n) is 1.34. The van der Waals surface area contributed by atoms with E-state index < -0.39 is 6.10 Å². The van der Waals surface area contributed by atoms with E-state index >= 15 is 0 Å². The molecule has 76 valence electrons. The summed E-state index contributed by atoms with van der Waals surface area (Å²) >= 11 is 5.94. The molecule has 0 aliphatic carbocycles. The molecule has 1 aromatic carbocycles. The molecule has 2 nitrogen and oxygen atoms in total. The van der Waals surface area contributed by atoms with Crippen LogP contribution in [0.2, 0.25) is 5.02 Å². The van der Waals surface area contributed by atoms with Crippen LogP contribution in [0.4, 0.5) is 5.69 Å². The van der Waals surface area contributed by atoms with E-state index in [0.29, 0.717) is 22.7 Å². The lowest BCUT2D eigenvalue weighted by atomic mass is 10.0. The average molecular weight is 212 g/mol. The number of aliphatic hydroxyl groups is 1. The summed E-state index contributed by atoms with van der Waals surface area (Å²) in [4.78, 5) is 0. The van der Waals surface area contributed by atoms with Crippen LogP contribution in [0.3, 0.4) is 0 Å². The molecule has 1 rings (SSSR count). The fourth-order valence-corrected chi connectivity index (χ4v) is 1.65. The number of nitrogens with two attached hydrogens (primary N) is 1. The quantitative estimate of drug-likeness (QED) is 0.597. The number of benzene rings is 1. The standard InChI is InChI=1S/C11H14ClNO/c1-7(2)6-10(14)11-8(12)4-3-5-9(11)13/h3-5,10,14H,1,6,13H2,2H3. The second-order valence-electron chi connectivity index (χ2n) is 3.42. The minimum atomic E-state index is -0.666. The van der Waals surface area contributed by atoms with E-state index in [1.807, 2.05) is 6.92 Å². The van der Waals surface area contributed by atoms with Crippen LogP contribution in [0.25, 0.3) is 0 Å². The van der Waals surface area contributed by atoms with Crippen LogP contribution in [0.15, 0.2) is 30.4 Å². The predicted molar refractivity (Wildman–Crippen MR) is 60.3 cm³/mol. The van der Waals surface area contributed by atoms with Crippen molar-refractivity contribution in [3.05, 3.63) is 40.9 Å². The zero-order valence-electron chi connectivity index (χ0n) is 8.13. The third-order valence-electron chi connectivity index (χ3n) is 1.96. The van der Waals surface area contributed by atoms with Gasteiger partial charge in [0.1, 0.15) is 0 Å².